The third-order valence-electron chi connectivity index (χ3n) is 2.46. The van der Waals surface area contributed by atoms with E-state index in [2.05, 4.69) is 36.8 Å². The molecule has 8 heteroatoms. The smallest absolute Gasteiger partial charge is 0.267 e. The van der Waals surface area contributed by atoms with Crippen LogP contribution in [0.2, 0.25) is 0 Å². The molecule has 4 nitrogen and oxygen atoms in total. The highest BCUT2D eigenvalue weighted by Crippen LogP contribution is 2.32. The van der Waals surface area contributed by atoms with E-state index in [9.17, 15) is 9.59 Å². The molecule has 0 atom stereocenters. The van der Waals surface area contributed by atoms with Crippen LogP contribution in [0, 0.1) is 10.5 Å². The molecule has 100 valence electrons. The maximum Gasteiger partial charge on any atom is 0.267 e. The summed E-state index contributed by atoms with van der Waals surface area (Å²) >= 11 is 10.0. The Hall–Kier alpha value is -0.0600. The molecule has 0 aliphatic heterocycles. The Labute approximate surface area is 143 Å². The molecule has 0 spiro atoms. The minimum absolute atomic E-state index is 0.00369. The molecular weight excluding hydrogens is 511 g/mol. The standard InChI is InChI=1S/C11H7Br2IN2O2S/c1-5-15-3-7(14)11(18)16(5)4-8(17)6-2-9(12)19-10(6)13/h2-3H,4H2,1H3. The van der Waals surface area contributed by atoms with E-state index in [1.807, 2.05) is 22.6 Å². The van der Waals surface area contributed by atoms with Crippen molar-refractivity contribution in [3.05, 3.63) is 45.1 Å². The number of aryl methyl sites for hydroxylation is 1. The van der Waals surface area contributed by atoms with E-state index >= 15 is 0 Å². The first-order valence-electron chi connectivity index (χ1n) is 5.10. The number of nitrogens with zero attached hydrogens (tertiary/aromatic N) is 2. The fraction of sp³-hybridized carbons (Fsp3) is 0.182. The summed E-state index contributed by atoms with van der Waals surface area (Å²) in [4.78, 5) is 28.3. The number of thiophene rings is 1. The fourth-order valence-electron chi connectivity index (χ4n) is 1.50. The average molecular weight is 518 g/mol. The van der Waals surface area contributed by atoms with Gasteiger partial charge in [0.15, 0.2) is 5.78 Å². The van der Waals surface area contributed by atoms with Crippen LogP contribution in [-0.2, 0) is 6.54 Å². The summed E-state index contributed by atoms with van der Waals surface area (Å²) in [5.41, 5.74) is 0.383. The van der Waals surface area contributed by atoms with Gasteiger partial charge in [0.05, 0.1) is 17.7 Å². The highest BCUT2D eigenvalue weighted by Gasteiger charge is 2.16. The van der Waals surface area contributed by atoms with E-state index in [1.54, 1.807) is 13.0 Å². The monoisotopic (exact) mass is 516 g/mol. The summed E-state index contributed by atoms with van der Waals surface area (Å²) in [6, 6.07) is 1.75. The second-order valence-corrected chi connectivity index (χ2v) is 8.62. The Bertz CT molecular complexity index is 711. The Morgan fingerprint density at radius 2 is 2.21 bits per heavy atom. The molecule has 2 heterocycles. The van der Waals surface area contributed by atoms with Crippen LogP contribution in [0.1, 0.15) is 16.2 Å². The molecule has 19 heavy (non-hydrogen) atoms. The zero-order chi connectivity index (χ0) is 14.2. The quantitative estimate of drug-likeness (QED) is 0.461. The summed E-state index contributed by atoms with van der Waals surface area (Å²) in [6.45, 7) is 1.71. The number of ketones is 1. The van der Waals surface area contributed by atoms with Crippen LogP contribution in [0.3, 0.4) is 0 Å². The van der Waals surface area contributed by atoms with Crippen LogP contribution in [0.4, 0.5) is 0 Å². The Balaban J connectivity index is 2.37. The Morgan fingerprint density at radius 1 is 1.53 bits per heavy atom. The van der Waals surface area contributed by atoms with Crippen molar-refractivity contribution in [1.29, 1.82) is 0 Å². The third-order valence-corrected chi connectivity index (χ3v) is 5.54. The highest BCUT2D eigenvalue weighted by atomic mass is 127. The molecule has 2 aromatic rings. The van der Waals surface area contributed by atoms with Crippen molar-refractivity contribution in [3.8, 4) is 0 Å². The predicted molar refractivity (Wildman–Crippen MR) is 90.0 cm³/mol. The van der Waals surface area contributed by atoms with Crippen LogP contribution in [-0.4, -0.2) is 15.3 Å². The molecule has 0 radical (unpaired) electrons. The third kappa shape index (κ3) is 3.34. The second kappa shape index (κ2) is 6.15. The van der Waals surface area contributed by atoms with E-state index in [0.717, 1.165) is 7.57 Å². The lowest BCUT2D eigenvalue weighted by Gasteiger charge is -2.08. The fourth-order valence-corrected chi connectivity index (χ4v) is 4.78. The lowest BCUT2D eigenvalue weighted by atomic mass is 10.2. The minimum atomic E-state index is -0.188. The van der Waals surface area contributed by atoms with Crippen LogP contribution in [0.5, 0.6) is 0 Å². The summed E-state index contributed by atoms with van der Waals surface area (Å²) in [7, 11) is 0. The van der Waals surface area contributed by atoms with Gasteiger partial charge >= 0.3 is 0 Å². The molecular formula is C11H7Br2IN2O2S. The van der Waals surface area contributed by atoms with Gasteiger partial charge in [-0.3, -0.25) is 14.2 Å². The van der Waals surface area contributed by atoms with Gasteiger partial charge in [-0.15, -0.1) is 11.3 Å². The molecule has 2 aromatic heterocycles. The van der Waals surface area contributed by atoms with Gasteiger partial charge in [-0.1, -0.05) is 0 Å². The van der Waals surface area contributed by atoms with E-state index < -0.39 is 0 Å². The topological polar surface area (TPSA) is 52.0 Å². The molecule has 0 amide bonds. The first kappa shape index (κ1) is 15.3. The summed E-state index contributed by atoms with van der Waals surface area (Å²) in [5, 5.41) is 0. The average Bonchev–Trinajstić information content (AvgIpc) is 2.69. The summed E-state index contributed by atoms with van der Waals surface area (Å²) in [5.74, 6) is 0.409. The van der Waals surface area contributed by atoms with Gasteiger partial charge in [-0.25, -0.2) is 4.98 Å². The zero-order valence-corrected chi connectivity index (χ0v) is 15.8. The molecule has 2 rings (SSSR count). The minimum Gasteiger partial charge on any atom is -0.292 e. The lowest BCUT2D eigenvalue weighted by molar-refractivity contribution is 0.0969. The molecule has 0 saturated carbocycles. The highest BCUT2D eigenvalue weighted by molar-refractivity contribution is 14.1. The van der Waals surface area contributed by atoms with Gasteiger partial charge in [0.25, 0.3) is 5.56 Å². The number of aromatic nitrogens is 2. The number of rotatable bonds is 3. The molecule has 0 aliphatic carbocycles. The van der Waals surface area contributed by atoms with Gasteiger partial charge in [-0.2, -0.15) is 0 Å². The maximum absolute atomic E-state index is 12.2. The van der Waals surface area contributed by atoms with Crippen molar-refractivity contribution in [3.63, 3.8) is 0 Å². The number of hydrogen-bond acceptors (Lipinski definition) is 4. The normalized spacial score (nSPS) is 10.7. The van der Waals surface area contributed by atoms with Crippen molar-refractivity contribution >= 4 is 71.6 Å². The van der Waals surface area contributed by atoms with E-state index in [4.69, 9.17) is 0 Å². The predicted octanol–water partition coefficient (Wildman–Crippen LogP) is 3.63. The first-order valence-corrected chi connectivity index (χ1v) is 8.58. The van der Waals surface area contributed by atoms with Crippen molar-refractivity contribution in [1.82, 2.24) is 9.55 Å². The molecule has 0 bridgehead atoms. The molecule has 0 fully saturated rings. The largest absolute Gasteiger partial charge is 0.292 e. The molecule has 0 aromatic carbocycles. The van der Waals surface area contributed by atoms with E-state index in [1.165, 1.54) is 22.1 Å². The van der Waals surface area contributed by atoms with Crippen molar-refractivity contribution in [2.24, 2.45) is 0 Å². The molecule has 0 unspecified atom stereocenters. The first-order chi connectivity index (χ1) is 8.90. The van der Waals surface area contributed by atoms with Crippen molar-refractivity contribution < 1.29 is 4.79 Å². The van der Waals surface area contributed by atoms with E-state index in [0.29, 0.717) is 15.0 Å². The van der Waals surface area contributed by atoms with Gasteiger partial charge in [0.2, 0.25) is 0 Å². The van der Waals surface area contributed by atoms with Crippen LogP contribution < -0.4 is 5.56 Å². The molecule has 0 N–H and O–H groups in total. The van der Waals surface area contributed by atoms with Gasteiger partial charge in [-0.05, 0) is 67.4 Å². The van der Waals surface area contributed by atoms with Crippen molar-refractivity contribution in [2.45, 2.75) is 13.5 Å². The SMILES string of the molecule is Cc1ncc(I)c(=O)n1CC(=O)c1cc(Br)sc1Br. The van der Waals surface area contributed by atoms with Gasteiger partial charge < -0.3 is 0 Å². The Kier molecular flexibility index (Phi) is 4.96. The van der Waals surface area contributed by atoms with Gasteiger partial charge in [0.1, 0.15) is 5.82 Å². The van der Waals surface area contributed by atoms with Crippen LogP contribution in [0.25, 0.3) is 0 Å². The molecule has 0 saturated heterocycles. The maximum atomic E-state index is 12.2. The number of carbonyl (C=O) groups is 1. The summed E-state index contributed by atoms with van der Waals surface area (Å²) in [6.07, 6.45) is 1.51. The van der Waals surface area contributed by atoms with E-state index in [-0.39, 0.29) is 17.9 Å². The molecule has 0 aliphatic rings. The summed E-state index contributed by atoms with van der Waals surface area (Å²) < 4.78 is 3.52. The number of hydrogen-bond donors (Lipinski definition) is 0. The number of halogens is 3. The number of carbonyl (C=O) groups excluding carboxylic acids is 1. The van der Waals surface area contributed by atoms with Crippen molar-refractivity contribution in [2.75, 3.05) is 0 Å². The number of Topliss-reactive ketones (excluding diaryl/α,β-unsaturated/α-hetero) is 1. The second-order valence-electron chi connectivity index (χ2n) is 3.71. The Morgan fingerprint density at radius 3 is 2.79 bits per heavy atom. The lowest BCUT2D eigenvalue weighted by Crippen LogP contribution is -2.28. The zero-order valence-electron chi connectivity index (χ0n) is 9.61. The van der Waals surface area contributed by atoms with Crippen LogP contribution >= 0.6 is 65.8 Å². The van der Waals surface area contributed by atoms with Gasteiger partial charge in [0, 0.05) is 11.8 Å². The van der Waals surface area contributed by atoms with Crippen LogP contribution in [0.15, 0.2) is 24.6 Å².